The average molecular weight is 234 g/mol. The Morgan fingerprint density at radius 3 is 2.71 bits per heavy atom. The molecule has 0 radical (unpaired) electrons. The van der Waals surface area contributed by atoms with E-state index in [-0.39, 0.29) is 0 Å². The molecule has 3 nitrogen and oxygen atoms in total. The molecule has 1 aliphatic heterocycles. The Hall–Kier alpha value is -1.22. The minimum Gasteiger partial charge on any atom is -0.399 e. The Morgan fingerprint density at radius 2 is 2.06 bits per heavy atom. The summed E-state index contributed by atoms with van der Waals surface area (Å²) in [4.78, 5) is 0. The minimum absolute atomic E-state index is 0.353. The van der Waals surface area contributed by atoms with Crippen molar-refractivity contribution in [2.24, 2.45) is 5.41 Å². The van der Waals surface area contributed by atoms with E-state index in [0.717, 1.165) is 38.3 Å². The Bertz CT molecular complexity index is 384. The summed E-state index contributed by atoms with van der Waals surface area (Å²) in [6, 6.07) is 6.02. The summed E-state index contributed by atoms with van der Waals surface area (Å²) in [6.45, 7) is 7.19. The zero-order chi connectivity index (χ0) is 12.3. The molecule has 0 atom stereocenters. The summed E-state index contributed by atoms with van der Waals surface area (Å²) in [5.74, 6) is 0. The second-order valence-corrected chi connectivity index (χ2v) is 5.35. The van der Waals surface area contributed by atoms with Crippen LogP contribution >= 0.6 is 0 Å². The minimum atomic E-state index is 0.353. The number of hydrogen-bond acceptors (Lipinski definition) is 3. The maximum Gasteiger partial charge on any atom is 0.0471 e. The molecule has 2 rings (SSSR count). The molecule has 0 unspecified atom stereocenters. The van der Waals surface area contributed by atoms with Gasteiger partial charge in [0.2, 0.25) is 0 Å². The molecule has 3 N–H and O–H groups in total. The monoisotopic (exact) mass is 234 g/mol. The lowest BCUT2D eigenvalue weighted by Gasteiger charge is -2.34. The van der Waals surface area contributed by atoms with Gasteiger partial charge in [-0.15, -0.1) is 0 Å². The van der Waals surface area contributed by atoms with Gasteiger partial charge in [0.25, 0.3) is 0 Å². The number of nitrogens with two attached hydrogens (primary N) is 1. The predicted molar refractivity (Wildman–Crippen MR) is 72.2 cm³/mol. The number of hydrogen-bond donors (Lipinski definition) is 2. The highest BCUT2D eigenvalue weighted by Crippen LogP contribution is 2.30. The molecule has 0 bridgehead atoms. The van der Waals surface area contributed by atoms with Crippen LogP contribution in [0.1, 0.15) is 25.3 Å². The summed E-state index contributed by atoms with van der Waals surface area (Å²) in [5, 5.41) is 3.54. The van der Waals surface area contributed by atoms with Gasteiger partial charge < -0.3 is 15.8 Å². The van der Waals surface area contributed by atoms with E-state index in [9.17, 15) is 0 Å². The first-order chi connectivity index (χ1) is 8.09. The molecule has 1 aliphatic rings. The first-order valence-corrected chi connectivity index (χ1v) is 6.27. The molecule has 1 aromatic carbocycles. The lowest BCUT2D eigenvalue weighted by Crippen LogP contribution is -2.33. The SMILES string of the molecule is Cc1cc(N)ccc1NCC1(C)CCOCC1. The fraction of sp³-hybridized carbons (Fsp3) is 0.571. The highest BCUT2D eigenvalue weighted by Gasteiger charge is 2.27. The van der Waals surface area contributed by atoms with Gasteiger partial charge in [0.15, 0.2) is 0 Å². The van der Waals surface area contributed by atoms with Gasteiger partial charge in [0.1, 0.15) is 0 Å². The molecule has 3 heteroatoms. The molecule has 1 saturated heterocycles. The standard InChI is InChI=1S/C14H22N2O/c1-11-9-12(15)3-4-13(11)16-10-14(2)5-7-17-8-6-14/h3-4,9,16H,5-8,10,15H2,1-2H3. The lowest BCUT2D eigenvalue weighted by molar-refractivity contribution is 0.0300. The average Bonchev–Trinajstić information content (AvgIpc) is 2.29. The Balaban J connectivity index is 1.97. The maximum absolute atomic E-state index is 5.75. The van der Waals surface area contributed by atoms with Gasteiger partial charge in [0, 0.05) is 31.1 Å². The molecule has 94 valence electrons. The lowest BCUT2D eigenvalue weighted by atomic mass is 9.82. The van der Waals surface area contributed by atoms with Crippen molar-refractivity contribution < 1.29 is 4.74 Å². The topological polar surface area (TPSA) is 47.3 Å². The molecule has 1 heterocycles. The molecule has 0 aliphatic carbocycles. The van der Waals surface area contributed by atoms with Gasteiger partial charge in [-0.1, -0.05) is 6.92 Å². The van der Waals surface area contributed by atoms with Crippen LogP contribution in [0, 0.1) is 12.3 Å². The Labute approximate surface area is 103 Å². The molecular formula is C14H22N2O. The zero-order valence-corrected chi connectivity index (χ0v) is 10.8. The number of nitrogens with one attached hydrogen (secondary N) is 1. The van der Waals surface area contributed by atoms with Crippen molar-refractivity contribution in [3.05, 3.63) is 23.8 Å². The van der Waals surface area contributed by atoms with Gasteiger partial charge in [-0.25, -0.2) is 0 Å². The molecule has 1 fully saturated rings. The van der Waals surface area contributed by atoms with Gasteiger partial charge in [-0.2, -0.15) is 0 Å². The fourth-order valence-electron chi connectivity index (χ4n) is 2.23. The molecular weight excluding hydrogens is 212 g/mol. The quantitative estimate of drug-likeness (QED) is 0.791. The van der Waals surface area contributed by atoms with Crippen molar-refractivity contribution in [3.63, 3.8) is 0 Å². The van der Waals surface area contributed by atoms with Crippen molar-refractivity contribution in [2.75, 3.05) is 30.8 Å². The smallest absolute Gasteiger partial charge is 0.0471 e. The van der Waals surface area contributed by atoms with Crippen LogP contribution in [0.2, 0.25) is 0 Å². The van der Waals surface area contributed by atoms with Crippen LogP contribution in [0.5, 0.6) is 0 Å². The van der Waals surface area contributed by atoms with E-state index in [1.165, 1.54) is 11.3 Å². The second-order valence-electron chi connectivity index (χ2n) is 5.35. The van der Waals surface area contributed by atoms with E-state index in [1.54, 1.807) is 0 Å². The number of benzene rings is 1. The van der Waals surface area contributed by atoms with Crippen molar-refractivity contribution >= 4 is 11.4 Å². The van der Waals surface area contributed by atoms with Crippen molar-refractivity contribution in [1.29, 1.82) is 0 Å². The predicted octanol–water partition coefficient (Wildman–Crippen LogP) is 2.81. The zero-order valence-electron chi connectivity index (χ0n) is 10.8. The highest BCUT2D eigenvalue weighted by molar-refractivity contribution is 5.57. The van der Waals surface area contributed by atoms with Crippen LogP contribution in [-0.2, 0) is 4.74 Å². The number of ether oxygens (including phenoxy) is 1. The van der Waals surface area contributed by atoms with E-state index >= 15 is 0 Å². The number of anilines is 2. The summed E-state index contributed by atoms with van der Waals surface area (Å²) in [6.07, 6.45) is 2.27. The summed E-state index contributed by atoms with van der Waals surface area (Å²) in [5.41, 5.74) is 9.32. The largest absolute Gasteiger partial charge is 0.399 e. The summed E-state index contributed by atoms with van der Waals surface area (Å²) >= 11 is 0. The maximum atomic E-state index is 5.75. The first-order valence-electron chi connectivity index (χ1n) is 6.27. The molecule has 0 aromatic heterocycles. The van der Waals surface area contributed by atoms with Crippen molar-refractivity contribution in [1.82, 2.24) is 0 Å². The van der Waals surface area contributed by atoms with Crippen LogP contribution in [0.25, 0.3) is 0 Å². The van der Waals surface area contributed by atoms with E-state index in [0.29, 0.717) is 5.41 Å². The first kappa shape index (κ1) is 12.2. The van der Waals surface area contributed by atoms with Crippen molar-refractivity contribution in [3.8, 4) is 0 Å². The Morgan fingerprint density at radius 1 is 1.35 bits per heavy atom. The Kier molecular flexibility index (Phi) is 3.57. The van der Waals surface area contributed by atoms with E-state index < -0.39 is 0 Å². The van der Waals surface area contributed by atoms with Gasteiger partial charge in [-0.05, 0) is 48.9 Å². The third-order valence-corrected chi connectivity index (χ3v) is 3.66. The molecule has 0 saturated carbocycles. The highest BCUT2D eigenvalue weighted by atomic mass is 16.5. The third-order valence-electron chi connectivity index (χ3n) is 3.66. The number of nitrogen functional groups attached to an aromatic ring is 1. The van der Waals surface area contributed by atoms with Crippen LogP contribution in [0.4, 0.5) is 11.4 Å². The fourth-order valence-corrected chi connectivity index (χ4v) is 2.23. The normalized spacial score (nSPS) is 18.9. The van der Waals surface area contributed by atoms with Crippen molar-refractivity contribution in [2.45, 2.75) is 26.7 Å². The van der Waals surface area contributed by atoms with Crippen LogP contribution in [-0.4, -0.2) is 19.8 Å². The summed E-state index contributed by atoms with van der Waals surface area (Å²) < 4.78 is 5.41. The third kappa shape index (κ3) is 3.13. The molecule has 17 heavy (non-hydrogen) atoms. The van der Waals surface area contributed by atoms with Crippen LogP contribution in [0.15, 0.2) is 18.2 Å². The molecule has 0 spiro atoms. The van der Waals surface area contributed by atoms with Crippen LogP contribution in [0.3, 0.4) is 0 Å². The second kappa shape index (κ2) is 4.96. The van der Waals surface area contributed by atoms with E-state index in [2.05, 4.69) is 25.2 Å². The number of aryl methyl sites for hydroxylation is 1. The van der Waals surface area contributed by atoms with Gasteiger partial charge in [-0.3, -0.25) is 0 Å². The van der Waals surface area contributed by atoms with E-state index in [4.69, 9.17) is 10.5 Å². The van der Waals surface area contributed by atoms with Crippen LogP contribution < -0.4 is 11.1 Å². The van der Waals surface area contributed by atoms with Gasteiger partial charge >= 0.3 is 0 Å². The van der Waals surface area contributed by atoms with E-state index in [1.807, 2.05) is 12.1 Å². The number of rotatable bonds is 3. The molecule has 0 amide bonds. The van der Waals surface area contributed by atoms with Gasteiger partial charge in [0.05, 0.1) is 0 Å². The summed E-state index contributed by atoms with van der Waals surface area (Å²) in [7, 11) is 0. The molecule has 1 aromatic rings.